The van der Waals surface area contributed by atoms with Crippen molar-refractivity contribution in [3.63, 3.8) is 0 Å². The Balaban J connectivity index is 2.33. The fourth-order valence-corrected chi connectivity index (χ4v) is 1.74. The highest BCUT2D eigenvalue weighted by Crippen LogP contribution is 2.17. The molecule has 0 amide bonds. The largest absolute Gasteiger partial charge is 0.395 e. The summed E-state index contributed by atoms with van der Waals surface area (Å²) in [5, 5.41) is 8.93. The van der Waals surface area contributed by atoms with Crippen LogP contribution in [-0.4, -0.2) is 35.7 Å². The topological polar surface area (TPSA) is 23.5 Å². The van der Waals surface area contributed by atoms with Crippen molar-refractivity contribution >= 4 is 0 Å². The van der Waals surface area contributed by atoms with Gasteiger partial charge in [-0.15, -0.1) is 0 Å². The highest BCUT2D eigenvalue weighted by Gasteiger charge is 2.19. The zero-order valence-corrected chi connectivity index (χ0v) is 7.58. The van der Waals surface area contributed by atoms with Gasteiger partial charge in [-0.25, -0.2) is 0 Å². The summed E-state index contributed by atoms with van der Waals surface area (Å²) in [5.74, 6) is 0.817. The van der Waals surface area contributed by atoms with Crippen LogP contribution in [0.1, 0.15) is 26.7 Å². The molecule has 2 heteroatoms. The van der Waals surface area contributed by atoms with Crippen molar-refractivity contribution in [2.75, 3.05) is 19.7 Å². The van der Waals surface area contributed by atoms with E-state index in [1.165, 1.54) is 25.9 Å². The molecule has 1 N–H and O–H groups in total. The number of likely N-dealkylation sites (tertiary alicyclic amines) is 1. The Labute approximate surface area is 69.2 Å². The molecular formula is C9H19NO. The summed E-state index contributed by atoms with van der Waals surface area (Å²) in [5.41, 5.74) is 0. The van der Waals surface area contributed by atoms with Gasteiger partial charge in [-0.2, -0.15) is 0 Å². The summed E-state index contributed by atoms with van der Waals surface area (Å²) < 4.78 is 0. The van der Waals surface area contributed by atoms with Gasteiger partial charge in [-0.1, -0.05) is 6.92 Å². The lowest BCUT2D eigenvalue weighted by Gasteiger charge is -2.34. The van der Waals surface area contributed by atoms with Gasteiger partial charge in [0, 0.05) is 12.6 Å². The smallest absolute Gasteiger partial charge is 0.0584 e. The third-order valence-electron chi connectivity index (χ3n) is 2.58. The predicted octanol–water partition coefficient (Wildman–Crippen LogP) is 1.10. The van der Waals surface area contributed by atoms with Gasteiger partial charge < -0.3 is 5.11 Å². The molecule has 1 fully saturated rings. The number of piperidine rings is 1. The minimum atomic E-state index is 0.298. The van der Waals surface area contributed by atoms with Gasteiger partial charge in [0.15, 0.2) is 0 Å². The summed E-state index contributed by atoms with van der Waals surface area (Å²) in [6.45, 7) is 7.02. The van der Waals surface area contributed by atoms with E-state index in [0.717, 1.165) is 5.92 Å². The predicted molar refractivity (Wildman–Crippen MR) is 46.5 cm³/mol. The quantitative estimate of drug-likeness (QED) is 0.649. The molecule has 0 spiro atoms. The van der Waals surface area contributed by atoms with Gasteiger partial charge in [-0.3, -0.25) is 4.90 Å². The first kappa shape index (κ1) is 9.01. The van der Waals surface area contributed by atoms with E-state index < -0.39 is 0 Å². The van der Waals surface area contributed by atoms with Gasteiger partial charge in [0.25, 0.3) is 0 Å². The lowest BCUT2D eigenvalue weighted by atomic mass is 9.99. The van der Waals surface area contributed by atoms with E-state index in [4.69, 9.17) is 5.11 Å². The Hall–Kier alpha value is -0.0800. The first-order valence-electron chi connectivity index (χ1n) is 4.59. The van der Waals surface area contributed by atoms with E-state index >= 15 is 0 Å². The van der Waals surface area contributed by atoms with Crippen LogP contribution in [0.25, 0.3) is 0 Å². The van der Waals surface area contributed by atoms with Crippen molar-refractivity contribution in [1.29, 1.82) is 0 Å². The Morgan fingerprint density at radius 3 is 2.91 bits per heavy atom. The molecule has 1 rings (SSSR count). The SMILES string of the molecule is C[C@@H]1CCCN([C@@H](C)CO)C1. The van der Waals surface area contributed by atoms with Crippen molar-refractivity contribution in [2.45, 2.75) is 32.7 Å². The van der Waals surface area contributed by atoms with Gasteiger partial charge >= 0.3 is 0 Å². The van der Waals surface area contributed by atoms with E-state index in [0.29, 0.717) is 12.6 Å². The molecule has 0 saturated carbocycles. The minimum absolute atomic E-state index is 0.298. The van der Waals surface area contributed by atoms with Crippen LogP contribution in [0.15, 0.2) is 0 Å². The normalized spacial score (nSPS) is 30.3. The lowest BCUT2D eigenvalue weighted by Crippen LogP contribution is -2.42. The first-order valence-corrected chi connectivity index (χ1v) is 4.59. The number of aliphatic hydroxyl groups excluding tert-OH is 1. The fourth-order valence-electron chi connectivity index (χ4n) is 1.74. The van der Waals surface area contributed by atoms with Crippen LogP contribution >= 0.6 is 0 Å². The maximum Gasteiger partial charge on any atom is 0.0584 e. The molecule has 2 nitrogen and oxygen atoms in total. The molecule has 0 radical (unpaired) electrons. The molecule has 0 aromatic rings. The molecular weight excluding hydrogens is 138 g/mol. The molecule has 2 atom stereocenters. The Morgan fingerprint density at radius 1 is 1.64 bits per heavy atom. The van der Waals surface area contributed by atoms with Gasteiger partial charge in [0.1, 0.15) is 0 Å². The zero-order chi connectivity index (χ0) is 8.27. The highest BCUT2D eigenvalue weighted by atomic mass is 16.3. The molecule has 0 aliphatic carbocycles. The fraction of sp³-hybridized carbons (Fsp3) is 1.00. The molecule has 1 aliphatic rings. The summed E-state index contributed by atoms with van der Waals surface area (Å²) in [6.07, 6.45) is 2.65. The summed E-state index contributed by atoms with van der Waals surface area (Å²) >= 11 is 0. The van der Waals surface area contributed by atoms with E-state index in [1.807, 2.05) is 0 Å². The van der Waals surface area contributed by atoms with Crippen LogP contribution in [0.2, 0.25) is 0 Å². The maximum atomic E-state index is 8.93. The van der Waals surface area contributed by atoms with Crippen molar-refractivity contribution in [3.05, 3.63) is 0 Å². The zero-order valence-electron chi connectivity index (χ0n) is 7.58. The molecule has 0 bridgehead atoms. The number of hydrogen-bond donors (Lipinski definition) is 1. The van der Waals surface area contributed by atoms with Crippen molar-refractivity contribution in [2.24, 2.45) is 5.92 Å². The van der Waals surface area contributed by atoms with E-state index in [2.05, 4.69) is 18.7 Å². The van der Waals surface area contributed by atoms with Crippen LogP contribution in [0.3, 0.4) is 0 Å². The van der Waals surface area contributed by atoms with Gasteiger partial charge in [0.2, 0.25) is 0 Å². The van der Waals surface area contributed by atoms with Crippen LogP contribution in [0.4, 0.5) is 0 Å². The Bertz CT molecular complexity index is 116. The van der Waals surface area contributed by atoms with E-state index in [9.17, 15) is 0 Å². The molecule has 1 saturated heterocycles. The maximum absolute atomic E-state index is 8.93. The Morgan fingerprint density at radius 2 is 2.36 bits per heavy atom. The van der Waals surface area contributed by atoms with Crippen molar-refractivity contribution < 1.29 is 5.11 Å². The van der Waals surface area contributed by atoms with Crippen molar-refractivity contribution in [3.8, 4) is 0 Å². The highest BCUT2D eigenvalue weighted by molar-refractivity contribution is 4.74. The molecule has 1 aliphatic heterocycles. The second-order valence-corrected chi connectivity index (χ2v) is 3.77. The third-order valence-corrected chi connectivity index (χ3v) is 2.58. The van der Waals surface area contributed by atoms with Crippen LogP contribution in [0, 0.1) is 5.92 Å². The lowest BCUT2D eigenvalue weighted by molar-refractivity contribution is 0.0940. The second-order valence-electron chi connectivity index (χ2n) is 3.77. The molecule has 0 unspecified atom stereocenters. The number of nitrogens with zero attached hydrogens (tertiary/aromatic N) is 1. The van der Waals surface area contributed by atoms with Crippen LogP contribution in [-0.2, 0) is 0 Å². The van der Waals surface area contributed by atoms with Crippen LogP contribution in [0.5, 0.6) is 0 Å². The second kappa shape index (κ2) is 4.07. The number of rotatable bonds is 2. The monoisotopic (exact) mass is 157 g/mol. The average Bonchev–Trinajstić information content (AvgIpc) is 2.03. The summed E-state index contributed by atoms with van der Waals surface area (Å²) in [6, 6.07) is 0.359. The molecule has 0 aromatic heterocycles. The molecule has 0 aromatic carbocycles. The van der Waals surface area contributed by atoms with Gasteiger partial charge in [-0.05, 0) is 32.2 Å². The minimum Gasteiger partial charge on any atom is -0.395 e. The first-order chi connectivity index (χ1) is 5.24. The molecule has 66 valence electrons. The average molecular weight is 157 g/mol. The number of aliphatic hydroxyl groups is 1. The molecule has 1 heterocycles. The standard InChI is InChI=1S/C9H19NO/c1-8-4-3-5-10(6-8)9(2)7-11/h8-9,11H,3-7H2,1-2H3/t8-,9+/m1/s1. The Kier molecular flexibility index (Phi) is 3.34. The van der Waals surface area contributed by atoms with Crippen molar-refractivity contribution in [1.82, 2.24) is 4.90 Å². The third kappa shape index (κ3) is 2.46. The van der Waals surface area contributed by atoms with Gasteiger partial charge in [0.05, 0.1) is 6.61 Å². The van der Waals surface area contributed by atoms with Crippen LogP contribution < -0.4 is 0 Å². The summed E-state index contributed by atoms with van der Waals surface area (Å²) in [4.78, 5) is 2.38. The van der Waals surface area contributed by atoms with E-state index in [-0.39, 0.29) is 0 Å². The number of hydrogen-bond acceptors (Lipinski definition) is 2. The molecule has 11 heavy (non-hydrogen) atoms. The van der Waals surface area contributed by atoms with E-state index in [1.54, 1.807) is 0 Å². The summed E-state index contributed by atoms with van der Waals surface area (Å²) in [7, 11) is 0.